The number of piperidine rings is 3. The van der Waals surface area contributed by atoms with Crippen molar-refractivity contribution in [2.45, 2.75) is 65.3 Å². The van der Waals surface area contributed by atoms with E-state index in [4.69, 9.17) is 0 Å². The Morgan fingerprint density at radius 3 is 2.34 bits per heavy atom. The van der Waals surface area contributed by atoms with Crippen LogP contribution < -0.4 is 5.32 Å². The average Bonchev–Trinajstić information content (AvgIpc) is 2.68. The van der Waals surface area contributed by atoms with Crippen LogP contribution in [0.25, 0.3) is 0 Å². The van der Waals surface area contributed by atoms with E-state index in [9.17, 15) is 13.2 Å². The van der Waals surface area contributed by atoms with Gasteiger partial charge in [-0.1, -0.05) is 20.3 Å². The second kappa shape index (κ2) is 10.1. The third-order valence-corrected chi connectivity index (χ3v) is 8.82. The molecule has 0 saturated carbocycles. The van der Waals surface area contributed by atoms with E-state index in [0.29, 0.717) is 50.6 Å². The van der Waals surface area contributed by atoms with Gasteiger partial charge in [-0.2, -0.15) is 17.0 Å². The van der Waals surface area contributed by atoms with Gasteiger partial charge in [0.25, 0.3) is 10.2 Å². The zero-order valence-electron chi connectivity index (χ0n) is 18.5. The largest absolute Gasteiger partial charge is 0.355 e. The Bertz CT molecular complexity index is 646. The van der Waals surface area contributed by atoms with E-state index in [1.54, 1.807) is 8.61 Å². The maximum Gasteiger partial charge on any atom is 0.282 e. The Morgan fingerprint density at radius 1 is 0.931 bits per heavy atom. The van der Waals surface area contributed by atoms with Crippen LogP contribution in [0.3, 0.4) is 0 Å². The Kier molecular flexibility index (Phi) is 7.98. The second-order valence-corrected chi connectivity index (χ2v) is 11.6. The minimum atomic E-state index is -3.48. The molecule has 3 fully saturated rings. The monoisotopic (exact) mass is 428 g/mol. The second-order valence-electron chi connectivity index (χ2n) is 9.64. The number of hydrogen-bond acceptors (Lipinski definition) is 4. The molecule has 0 bridgehead atoms. The minimum Gasteiger partial charge on any atom is -0.355 e. The summed E-state index contributed by atoms with van der Waals surface area (Å²) >= 11 is 0. The van der Waals surface area contributed by atoms with Crippen LogP contribution in [-0.4, -0.2) is 79.7 Å². The molecule has 3 aliphatic heterocycles. The molecule has 0 aliphatic carbocycles. The molecular weight excluding hydrogens is 388 g/mol. The molecule has 0 aromatic carbocycles. The van der Waals surface area contributed by atoms with Gasteiger partial charge in [-0.3, -0.25) is 9.69 Å². The van der Waals surface area contributed by atoms with E-state index < -0.39 is 10.2 Å². The van der Waals surface area contributed by atoms with E-state index in [2.05, 4.69) is 31.0 Å². The Morgan fingerprint density at radius 2 is 1.66 bits per heavy atom. The molecule has 0 aromatic heterocycles. The Hall–Kier alpha value is -0.700. The molecule has 4 unspecified atom stereocenters. The van der Waals surface area contributed by atoms with Gasteiger partial charge in [-0.05, 0) is 57.4 Å². The molecule has 4 atom stereocenters. The van der Waals surface area contributed by atoms with Crippen LogP contribution in [0.5, 0.6) is 0 Å². The minimum absolute atomic E-state index is 0.00921. The van der Waals surface area contributed by atoms with E-state index in [-0.39, 0.29) is 11.8 Å². The number of nitrogens with one attached hydrogen (secondary N) is 1. The van der Waals surface area contributed by atoms with Crippen LogP contribution in [0.1, 0.15) is 59.3 Å². The van der Waals surface area contributed by atoms with Gasteiger partial charge in [-0.15, -0.1) is 0 Å². The molecule has 1 N–H and O–H groups in total. The van der Waals surface area contributed by atoms with Crippen molar-refractivity contribution in [3.05, 3.63) is 0 Å². The van der Waals surface area contributed by atoms with Crippen LogP contribution in [0, 0.1) is 17.8 Å². The average molecular weight is 429 g/mol. The van der Waals surface area contributed by atoms with Gasteiger partial charge in [0.1, 0.15) is 0 Å². The normalized spacial score (nSPS) is 33.5. The lowest BCUT2D eigenvalue weighted by Crippen LogP contribution is -2.53. The summed E-state index contributed by atoms with van der Waals surface area (Å²) in [6, 6.07) is 0.588. The van der Waals surface area contributed by atoms with Crippen molar-refractivity contribution in [1.29, 1.82) is 0 Å². The fourth-order valence-electron chi connectivity index (χ4n) is 5.28. The summed E-state index contributed by atoms with van der Waals surface area (Å²) in [6.45, 7) is 11.2. The van der Waals surface area contributed by atoms with Crippen molar-refractivity contribution in [3.63, 3.8) is 0 Å². The summed E-state index contributed by atoms with van der Waals surface area (Å²) in [6.07, 6.45) is 6.36. The number of carbonyl (C=O) groups excluding carboxylic acids is 1. The summed E-state index contributed by atoms with van der Waals surface area (Å²) in [5.74, 6) is 0.538. The summed E-state index contributed by atoms with van der Waals surface area (Å²) < 4.78 is 29.5. The standard InChI is InChI=1S/C21H40N4O3S/c1-17-13-18(2)15-25(14-17)29(27,28)24-11-6-8-20(16-24)21(26)22-9-12-23-10-5-4-7-19(23)3/h17-20H,4-16H2,1-3H3,(H,22,26). The van der Waals surface area contributed by atoms with Gasteiger partial charge in [-0.25, -0.2) is 0 Å². The highest BCUT2D eigenvalue weighted by molar-refractivity contribution is 7.86. The van der Waals surface area contributed by atoms with E-state index in [0.717, 1.165) is 32.4 Å². The zero-order valence-corrected chi connectivity index (χ0v) is 19.3. The first-order chi connectivity index (χ1) is 13.8. The molecule has 3 saturated heterocycles. The summed E-state index contributed by atoms with van der Waals surface area (Å²) in [5.41, 5.74) is 0. The zero-order chi connectivity index (χ0) is 21.0. The molecule has 0 spiro atoms. The van der Waals surface area contributed by atoms with Gasteiger partial charge in [0, 0.05) is 45.3 Å². The maximum atomic E-state index is 13.2. The number of likely N-dealkylation sites (tertiary alicyclic amines) is 1. The molecule has 0 radical (unpaired) electrons. The van der Waals surface area contributed by atoms with Crippen LogP contribution in [-0.2, 0) is 15.0 Å². The fourth-order valence-corrected chi connectivity index (χ4v) is 7.22. The lowest BCUT2D eigenvalue weighted by Gasteiger charge is -2.39. The highest BCUT2D eigenvalue weighted by Gasteiger charge is 2.38. The Labute approximate surface area is 177 Å². The molecule has 29 heavy (non-hydrogen) atoms. The summed E-state index contributed by atoms with van der Waals surface area (Å²) in [5, 5.41) is 3.07. The SMILES string of the molecule is CC1CC(C)CN(S(=O)(=O)N2CCCC(C(=O)NCCN3CCCCC3C)C2)C1. The topological polar surface area (TPSA) is 73.0 Å². The molecular formula is C21H40N4O3S. The molecule has 0 aromatic rings. The maximum absolute atomic E-state index is 13.2. The third kappa shape index (κ3) is 5.93. The van der Waals surface area contributed by atoms with Crippen molar-refractivity contribution < 1.29 is 13.2 Å². The summed E-state index contributed by atoms with van der Waals surface area (Å²) in [4.78, 5) is 15.2. The molecule has 168 valence electrons. The third-order valence-electron chi connectivity index (χ3n) is 6.88. The van der Waals surface area contributed by atoms with Crippen LogP contribution in [0.2, 0.25) is 0 Å². The van der Waals surface area contributed by atoms with Gasteiger partial charge in [0.2, 0.25) is 5.91 Å². The Balaban J connectivity index is 1.50. The summed E-state index contributed by atoms with van der Waals surface area (Å²) in [7, 11) is -3.48. The van der Waals surface area contributed by atoms with E-state index in [1.165, 1.54) is 19.3 Å². The van der Waals surface area contributed by atoms with Crippen LogP contribution in [0.4, 0.5) is 0 Å². The quantitative estimate of drug-likeness (QED) is 0.701. The molecule has 8 heteroatoms. The molecule has 3 heterocycles. The van der Waals surface area contributed by atoms with Crippen molar-refractivity contribution in [3.8, 4) is 0 Å². The highest BCUT2D eigenvalue weighted by atomic mass is 32.2. The van der Waals surface area contributed by atoms with Gasteiger partial charge < -0.3 is 5.32 Å². The molecule has 3 aliphatic rings. The number of rotatable bonds is 6. The predicted octanol–water partition coefficient (Wildman–Crippen LogP) is 1.91. The number of carbonyl (C=O) groups is 1. The van der Waals surface area contributed by atoms with Gasteiger partial charge in [0.05, 0.1) is 5.92 Å². The predicted molar refractivity (Wildman–Crippen MR) is 116 cm³/mol. The lowest BCUT2D eigenvalue weighted by molar-refractivity contribution is -0.126. The van der Waals surface area contributed by atoms with Crippen molar-refractivity contribution in [1.82, 2.24) is 18.8 Å². The smallest absolute Gasteiger partial charge is 0.282 e. The first-order valence-electron chi connectivity index (χ1n) is 11.5. The number of hydrogen-bond donors (Lipinski definition) is 1. The van der Waals surface area contributed by atoms with E-state index >= 15 is 0 Å². The molecule has 3 rings (SSSR count). The molecule has 1 amide bonds. The van der Waals surface area contributed by atoms with Crippen molar-refractivity contribution in [2.75, 3.05) is 45.8 Å². The van der Waals surface area contributed by atoms with Gasteiger partial charge >= 0.3 is 0 Å². The number of amides is 1. The lowest BCUT2D eigenvalue weighted by atomic mass is 9.94. The van der Waals surface area contributed by atoms with Crippen molar-refractivity contribution >= 4 is 16.1 Å². The van der Waals surface area contributed by atoms with Crippen LogP contribution in [0.15, 0.2) is 0 Å². The van der Waals surface area contributed by atoms with E-state index in [1.807, 2.05) is 0 Å². The first kappa shape index (κ1) is 23.0. The fraction of sp³-hybridized carbons (Fsp3) is 0.952. The first-order valence-corrected chi connectivity index (χ1v) is 12.9. The van der Waals surface area contributed by atoms with Crippen LogP contribution >= 0.6 is 0 Å². The van der Waals surface area contributed by atoms with Gasteiger partial charge in [0.15, 0.2) is 0 Å². The number of nitrogens with zero attached hydrogens (tertiary/aromatic N) is 3. The van der Waals surface area contributed by atoms with Crippen molar-refractivity contribution in [2.24, 2.45) is 17.8 Å². The highest BCUT2D eigenvalue weighted by Crippen LogP contribution is 2.27. The molecule has 7 nitrogen and oxygen atoms in total.